The highest BCUT2D eigenvalue weighted by atomic mass is 19.1. The Balaban J connectivity index is 1.97. The lowest BCUT2D eigenvalue weighted by Gasteiger charge is -2.36. The molecule has 1 aliphatic carbocycles. The van der Waals surface area contributed by atoms with Crippen molar-refractivity contribution >= 4 is 11.4 Å². The van der Waals surface area contributed by atoms with Crippen LogP contribution in [0.1, 0.15) is 44.6 Å². The smallest absolute Gasteiger partial charge is 0.128 e. The lowest BCUT2D eigenvalue weighted by atomic mass is 9.78. The molecule has 2 rings (SSSR count). The van der Waals surface area contributed by atoms with Crippen LogP contribution in [0, 0.1) is 18.7 Å². The highest BCUT2D eigenvalue weighted by Crippen LogP contribution is 2.34. The van der Waals surface area contributed by atoms with E-state index in [9.17, 15) is 9.50 Å². The first-order chi connectivity index (χ1) is 9.43. The molecule has 1 fully saturated rings. The van der Waals surface area contributed by atoms with Gasteiger partial charge in [0.25, 0.3) is 0 Å². The second kappa shape index (κ2) is 6.00. The second-order valence-electron chi connectivity index (χ2n) is 6.12. The maximum Gasteiger partial charge on any atom is 0.128 e. The number of nitrogens with one attached hydrogen (secondary N) is 1. The molecule has 112 valence electrons. The topological polar surface area (TPSA) is 58.3 Å². The fraction of sp³-hybridized carbons (Fsp3) is 0.625. The molecule has 0 spiro atoms. The van der Waals surface area contributed by atoms with E-state index in [1.165, 1.54) is 12.5 Å². The zero-order valence-electron chi connectivity index (χ0n) is 12.4. The van der Waals surface area contributed by atoms with E-state index in [2.05, 4.69) is 12.2 Å². The van der Waals surface area contributed by atoms with Gasteiger partial charge in [-0.25, -0.2) is 4.39 Å². The summed E-state index contributed by atoms with van der Waals surface area (Å²) >= 11 is 0. The van der Waals surface area contributed by atoms with Gasteiger partial charge in [-0.15, -0.1) is 0 Å². The van der Waals surface area contributed by atoms with Crippen LogP contribution in [-0.4, -0.2) is 17.3 Å². The Bertz CT molecular complexity index is 468. The molecule has 0 aliphatic heterocycles. The van der Waals surface area contributed by atoms with Gasteiger partial charge in [0.2, 0.25) is 0 Å². The standard InChI is InChI=1S/C16H25FN2O/c1-3-12-4-6-16(20,7-5-12)10-19-15-8-11(2)13(17)9-14(15)18/h8-9,12,19-20H,3-7,10,18H2,1-2H3. The molecule has 1 aromatic rings. The summed E-state index contributed by atoms with van der Waals surface area (Å²) in [5.41, 5.74) is 6.79. The van der Waals surface area contributed by atoms with E-state index < -0.39 is 5.60 Å². The van der Waals surface area contributed by atoms with Crippen LogP contribution >= 0.6 is 0 Å². The predicted molar refractivity (Wildman–Crippen MR) is 81.2 cm³/mol. The van der Waals surface area contributed by atoms with Crippen molar-refractivity contribution in [2.75, 3.05) is 17.6 Å². The molecular formula is C16H25FN2O. The molecule has 0 heterocycles. The molecule has 0 saturated heterocycles. The first-order valence-corrected chi connectivity index (χ1v) is 7.45. The van der Waals surface area contributed by atoms with Crippen LogP contribution in [0.5, 0.6) is 0 Å². The zero-order chi connectivity index (χ0) is 14.8. The van der Waals surface area contributed by atoms with Crippen molar-refractivity contribution in [1.29, 1.82) is 0 Å². The summed E-state index contributed by atoms with van der Waals surface area (Å²) in [5, 5.41) is 13.8. The minimum Gasteiger partial charge on any atom is -0.397 e. The van der Waals surface area contributed by atoms with Gasteiger partial charge in [0.05, 0.1) is 17.0 Å². The zero-order valence-corrected chi connectivity index (χ0v) is 12.4. The summed E-state index contributed by atoms with van der Waals surface area (Å²) in [5.74, 6) is 0.448. The molecule has 4 heteroatoms. The van der Waals surface area contributed by atoms with E-state index in [4.69, 9.17) is 5.73 Å². The van der Waals surface area contributed by atoms with E-state index in [0.29, 0.717) is 23.5 Å². The minimum absolute atomic E-state index is 0.296. The number of benzene rings is 1. The maximum atomic E-state index is 13.4. The highest BCUT2D eigenvalue weighted by molar-refractivity contribution is 5.67. The van der Waals surface area contributed by atoms with Crippen LogP contribution in [0.2, 0.25) is 0 Å². The summed E-state index contributed by atoms with van der Waals surface area (Å²) in [6.07, 6.45) is 4.98. The number of anilines is 2. The average molecular weight is 280 g/mol. The van der Waals surface area contributed by atoms with E-state index >= 15 is 0 Å². The number of nitrogens with two attached hydrogens (primary N) is 1. The van der Waals surface area contributed by atoms with Gasteiger partial charge in [0.1, 0.15) is 5.82 Å². The molecule has 1 saturated carbocycles. The number of hydrogen-bond acceptors (Lipinski definition) is 3. The molecule has 1 aromatic carbocycles. The summed E-state index contributed by atoms with van der Waals surface area (Å²) in [6, 6.07) is 3.03. The van der Waals surface area contributed by atoms with Crippen LogP contribution in [0.3, 0.4) is 0 Å². The van der Waals surface area contributed by atoms with Crippen molar-refractivity contribution in [3.05, 3.63) is 23.5 Å². The van der Waals surface area contributed by atoms with E-state index in [0.717, 1.165) is 31.6 Å². The monoisotopic (exact) mass is 280 g/mol. The van der Waals surface area contributed by atoms with Gasteiger partial charge >= 0.3 is 0 Å². The van der Waals surface area contributed by atoms with Crippen LogP contribution in [0.25, 0.3) is 0 Å². The maximum absolute atomic E-state index is 13.4. The van der Waals surface area contributed by atoms with Crippen molar-refractivity contribution < 1.29 is 9.50 Å². The molecule has 20 heavy (non-hydrogen) atoms. The van der Waals surface area contributed by atoms with E-state index in [1.54, 1.807) is 13.0 Å². The van der Waals surface area contributed by atoms with Gasteiger partial charge in [0.15, 0.2) is 0 Å². The molecule has 0 amide bonds. The molecule has 0 aromatic heterocycles. The Hall–Kier alpha value is -1.29. The number of nitrogen functional groups attached to an aromatic ring is 1. The third-order valence-corrected chi connectivity index (χ3v) is 4.55. The quantitative estimate of drug-likeness (QED) is 0.740. The SMILES string of the molecule is CCC1CCC(O)(CNc2cc(C)c(F)cc2N)CC1. The summed E-state index contributed by atoms with van der Waals surface area (Å²) < 4.78 is 13.4. The largest absolute Gasteiger partial charge is 0.397 e. The molecule has 0 unspecified atom stereocenters. The fourth-order valence-corrected chi connectivity index (χ4v) is 2.91. The third kappa shape index (κ3) is 3.42. The Morgan fingerprint density at radius 1 is 1.40 bits per heavy atom. The van der Waals surface area contributed by atoms with Crippen LogP contribution < -0.4 is 11.1 Å². The highest BCUT2D eigenvalue weighted by Gasteiger charge is 2.32. The Kier molecular flexibility index (Phi) is 4.53. The lowest BCUT2D eigenvalue weighted by molar-refractivity contribution is 0.00231. The van der Waals surface area contributed by atoms with Gasteiger partial charge in [-0.3, -0.25) is 0 Å². The molecule has 0 bridgehead atoms. The summed E-state index contributed by atoms with van der Waals surface area (Å²) in [6.45, 7) is 4.38. The summed E-state index contributed by atoms with van der Waals surface area (Å²) in [7, 11) is 0. The number of rotatable bonds is 4. The van der Waals surface area contributed by atoms with Gasteiger partial charge in [0, 0.05) is 6.54 Å². The lowest BCUT2D eigenvalue weighted by Crippen LogP contribution is -2.40. The van der Waals surface area contributed by atoms with E-state index in [1.807, 2.05) is 0 Å². The first-order valence-electron chi connectivity index (χ1n) is 7.45. The van der Waals surface area contributed by atoms with Crippen molar-refractivity contribution in [3.63, 3.8) is 0 Å². The number of halogens is 1. The van der Waals surface area contributed by atoms with Crippen LogP contribution in [0.15, 0.2) is 12.1 Å². The normalized spacial score (nSPS) is 26.5. The van der Waals surface area contributed by atoms with Gasteiger partial charge < -0.3 is 16.2 Å². The van der Waals surface area contributed by atoms with Crippen LogP contribution in [-0.2, 0) is 0 Å². The molecule has 0 radical (unpaired) electrons. The van der Waals surface area contributed by atoms with Gasteiger partial charge in [-0.1, -0.05) is 13.3 Å². The Morgan fingerprint density at radius 3 is 2.65 bits per heavy atom. The predicted octanol–water partition coefficient (Wildman–Crippen LogP) is 3.46. The number of hydrogen-bond donors (Lipinski definition) is 3. The van der Waals surface area contributed by atoms with Gasteiger partial charge in [-0.2, -0.15) is 0 Å². The molecule has 0 atom stereocenters. The minimum atomic E-state index is -0.666. The van der Waals surface area contributed by atoms with Gasteiger partial charge in [-0.05, 0) is 56.2 Å². The second-order valence-corrected chi connectivity index (χ2v) is 6.12. The van der Waals surface area contributed by atoms with E-state index in [-0.39, 0.29) is 5.82 Å². The van der Waals surface area contributed by atoms with Crippen molar-refractivity contribution in [2.24, 2.45) is 5.92 Å². The number of aliphatic hydroxyl groups is 1. The third-order valence-electron chi connectivity index (χ3n) is 4.55. The summed E-state index contributed by atoms with van der Waals surface area (Å²) in [4.78, 5) is 0. The number of aryl methyl sites for hydroxylation is 1. The van der Waals surface area contributed by atoms with Crippen LogP contribution in [0.4, 0.5) is 15.8 Å². The fourth-order valence-electron chi connectivity index (χ4n) is 2.91. The molecule has 3 nitrogen and oxygen atoms in total. The Morgan fingerprint density at radius 2 is 2.05 bits per heavy atom. The average Bonchev–Trinajstić information content (AvgIpc) is 2.42. The molecular weight excluding hydrogens is 255 g/mol. The molecule has 4 N–H and O–H groups in total. The molecule has 1 aliphatic rings. The Labute approximate surface area is 120 Å². The van der Waals surface area contributed by atoms with Crippen molar-refractivity contribution in [2.45, 2.75) is 51.6 Å². The van der Waals surface area contributed by atoms with Crippen molar-refractivity contribution in [1.82, 2.24) is 0 Å². The van der Waals surface area contributed by atoms with Crippen molar-refractivity contribution in [3.8, 4) is 0 Å². The first kappa shape index (κ1) is 15.1.